The molecule has 162 valence electrons. The highest BCUT2D eigenvalue weighted by Gasteiger charge is 2.30. The molecule has 10 heteroatoms. The van der Waals surface area contributed by atoms with Crippen LogP contribution in [0.15, 0.2) is 83.8 Å². The number of hydrogen-bond donors (Lipinski definition) is 2. The molecule has 0 aliphatic rings. The van der Waals surface area contributed by atoms with Crippen LogP contribution in [0.2, 0.25) is 0 Å². The summed E-state index contributed by atoms with van der Waals surface area (Å²) in [7, 11) is -3.88. The third kappa shape index (κ3) is 5.98. The number of para-hydroxylation sites is 2. The van der Waals surface area contributed by atoms with Crippen LogP contribution in [0.5, 0.6) is 5.75 Å². The molecule has 0 bridgehead atoms. The first-order valence-electron chi connectivity index (χ1n) is 8.92. The van der Waals surface area contributed by atoms with Gasteiger partial charge in [0, 0.05) is 0 Å². The van der Waals surface area contributed by atoms with Crippen LogP contribution in [-0.4, -0.2) is 20.9 Å². The molecular weight excluding hydrogens is 433 g/mol. The van der Waals surface area contributed by atoms with Crippen molar-refractivity contribution in [1.82, 2.24) is 0 Å². The van der Waals surface area contributed by atoms with Crippen LogP contribution in [0, 0.1) is 0 Å². The molecule has 1 amide bonds. The van der Waals surface area contributed by atoms with Crippen molar-refractivity contribution in [3.05, 3.63) is 84.4 Å². The lowest BCUT2D eigenvalue weighted by atomic mass is 10.2. The molecule has 0 radical (unpaired) electrons. The van der Waals surface area contributed by atoms with Gasteiger partial charge in [-0.15, -0.1) is 0 Å². The second kappa shape index (κ2) is 9.09. The van der Waals surface area contributed by atoms with Gasteiger partial charge in [-0.05, 0) is 42.5 Å². The normalized spacial score (nSPS) is 11.6. The van der Waals surface area contributed by atoms with E-state index in [9.17, 15) is 26.4 Å². The minimum Gasteiger partial charge on any atom is -0.484 e. The summed E-state index contributed by atoms with van der Waals surface area (Å²) >= 11 is 0. The van der Waals surface area contributed by atoms with E-state index in [-0.39, 0.29) is 22.0 Å². The highest BCUT2D eigenvalue weighted by molar-refractivity contribution is 7.92. The number of carbonyl (C=O) groups is 1. The average Bonchev–Trinajstić information content (AvgIpc) is 2.74. The van der Waals surface area contributed by atoms with Crippen LogP contribution in [-0.2, 0) is 21.0 Å². The maximum atomic E-state index is 12.8. The number of hydrogen-bond acceptors (Lipinski definition) is 4. The number of anilines is 2. The number of sulfonamides is 1. The van der Waals surface area contributed by atoms with Gasteiger partial charge < -0.3 is 10.1 Å². The Hall–Kier alpha value is -3.53. The van der Waals surface area contributed by atoms with Crippen LogP contribution in [0.1, 0.15) is 5.56 Å². The number of alkyl halides is 3. The third-order valence-electron chi connectivity index (χ3n) is 4.03. The molecule has 0 unspecified atom stereocenters. The van der Waals surface area contributed by atoms with Crippen LogP contribution in [0.4, 0.5) is 24.5 Å². The molecule has 31 heavy (non-hydrogen) atoms. The maximum Gasteiger partial charge on any atom is 0.416 e. The second-order valence-electron chi connectivity index (χ2n) is 6.33. The summed E-state index contributed by atoms with van der Waals surface area (Å²) in [5.74, 6) is -0.799. The number of benzene rings is 3. The van der Waals surface area contributed by atoms with E-state index in [2.05, 4.69) is 10.0 Å². The number of nitrogens with one attached hydrogen (secondary N) is 2. The van der Waals surface area contributed by atoms with Crippen molar-refractivity contribution in [2.24, 2.45) is 0 Å². The fourth-order valence-corrected chi connectivity index (χ4v) is 3.68. The molecule has 0 aliphatic heterocycles. The predicted octanol–water partition coefficient (Wildman–Crippen LogP) is 4.52. The molecule has 0 atom stereocenters. The van der Waals surface area contributed by atoms with Crippen molar-refractivity contribution in [3.63, 3.8) is 0 Å². The monoisotopic (exact) mass is 450 g/mol. The molecule has 0 spiro atoms. The summed E-state index contributed by atoms with van der Waals surface area (Å²) in [4.78, 5) is 12.3. The Balaban J connectivity index is 1.68. The van der Waals surface area contributed by atoms with Crippen molar-refractivity contribution >= 4 is 27.3 Å². The van der Waals surface area contributed by atoms with Gasteiger partial charge in [0.2, 0.25) is 0 Å². The predicted molar refractivity (Wildman–Crippen MR) is 109 cm³/mol. The zero-order chi connectivity index (χ0) is 22.5. The smallest absolute Gasteiger partial charge is 0.416 e. The number of ether oxygens (including phenoxy) is 1. The van der Waals surface area contributed by atoms with Crippen LogP contribution < -0.4 is 14.8 Å². The van der Waals surface area contributed by atoms with E-state index >= 15 is 0 Å². The Morgan fingerprint density at radius 2 is 1.52 bits per heavy atom. The lowest BCUT2D eigenvalue weighted by Gasteiger charge is -2.14. The van der Waals surface area contributed by atoms with Crippen molar-refractivity contribution in [2.45, 2.75) is 11.1 Å². The van der Waals surface area contributed by atoms with Crippen molar-refractivity contribution in [3.8, 4) is 5.75 Å². The summed E-state index contributed by atoms with van der Waals surface area (Å²) in [6.45, 7) is -0.568. The molecule has 0 fully saturated rings. The van der Waals surface area contributed by atoms with E-state index in [4.69, 9.17) is 4.74 Å². The minimum atomic E-state index is -4.53. The number of carbonyl (C=O) groups excluding carboxylic acids is 1. The van der Waals surface area contributed by atoms with Crippen LogP contribution in [0.25, 0.3) is 0 Å². The van der Waals surface area contributed by atoms with Gasteiger partial charge in [0.05, 0.1) is 21.8 Å². The SMILES string of the molecule is O=C(COc1cccc(C(F)(F)F)c1)Nc1ccccc1NS(=O)(=O)c1ccccc1. The van der Waals surface area contributed by atoms with Gasteiger partial charge in [-0.3, -0.25) is 9.52 Å². The van der Waals surface area contributed by atoms with E-state index in [1.54, 1.807) is 30.3 Å². The Labute approximate surface area is 176 Å². The lowest BCUT2D eigenvalue weighted by Crippen LogP contribution is -2.22. The van der Waals surface area contributed by atoms with Crippen molar-refractivity contribution in [2.75, 3.05) is 16.6 Å². The van der Waals surface area contributed by atoms with Crippen molar-refractivity contribution in [1.29, 1.82) is 0 Å². The largest absolute Gasteiger partial charge is 0.484 e. The van der Waals surface area contributed by atoms with Gasteiger partial charge in [-0.25, -0.2) is 8.42 Å². The minimum absolute atomic E-state index is 0.0454. The highest BCUT2D eigenvalue weighted by atomic mass is 32.2. The van der Waals surface area contributed by atoms with Crippen molar-refractivity contribution < 1.29 is 31.1 Å². The summed E-state index contributed by atoms with van der Waals surface area (Å²) in [6.07, 6.45) is -4.53. The van der Waals surface area contributed by atoms with Gasteiger partial charge in [-0.1, -0.05) is 36.4 Å². The molecule has 3 aromatic rings. The van der Waals surface area contributed by atoms with Gasteiger partial charge in [-0.2, -0.15) is 13.2 Å². The lowest BCUT2D eigenvalue weighted by molar-refractivity contribution is -0.137. The molecule has 3 aromatic carbocycles. The summed E-state index contributed by atoms with van der Waals surface area (Å²) < 4.78 is 70.9. The van der Waals surface area contributed by atoms with Gasteiger partial charge in [0.1, 0.15) is 5.75 Å². The Bertz CT molecular complexity index is 1170. The Kier molecular flexibility index (Phi) is 6.50. The zero-order valence-corrected chi connectivity index (χ0v) is 16.7. The Morgan fingerprint density at radius 1 is 0.871 bits per heavy atom. The zero-order valence-electron chi connectivity index (χ0n) is 15.9. The van der Waals surface area contributed by atoms with E-state index < -0.39 is 34.3 Å². The quantitative estimate of drug-likeness (QED) is 0.554. The fourth-order valence-electron chi connectivity index (χ4n) is 2.58. The van der Waals surface area contributed by atoms with Crippen LogP contribution in [0.3, 0.4) is 0 Å². The molecule has 0 heterocycles. The molecule has 0 saturated heterocycles. The van der Waals surface area contributed by atoms with Crippen LogP contribution >= 0.6 is 0 Å². The Morgan fingerprint density at radius 3 is 2.19 bits per heavy atom. The summed E-state index contributed by atoms with van der Waals surface area (Å²) in [5.41, 5.74) is -0.607. The molecule has 0 saturated carbocycles. The molecule has 0 aliphatic carbocycles. The molecule has 3 rings (SSSR count). The number of rotatable bonds is 7. The second-order valence-corrected chi connectivity index (χ2v) is 8.01. The molecule has 6 nitrogen and oxygen atoms in total. The molecule has 0 aromatic heterocycles. The first-order chi connectivity index (χ1) is 14.6. The first kappa shape index (κ1) is 22.2. The summed E-state index contributed by atoms with van der Waals surface area (Å²) in [6, 6.07) is 17.9. The highest BCUT2D eigenvalue weighted by Crippen LogP contribution is 2.31. The summed E-state index contributed by atoms with van der Waals surface area (Å²) in [5, 5.41) is 2.49. The topological polar surface area (TPSA) is 84.5 Å². The van der Waals surface area contributed by atoms with E-state index in [1.807, 2.05) is 0 Å². The van der Waals surface area contributed by atoms with E-state index in [0.29, 0.717) is 0 Å². The maximum absolute atomic E-state index is 12.8. The standard InChI is InChI=1S/C21H17F3N2O4S/c22-21(23,24)15-7-6-8-16(13-15)30-14-20(27)25-18-11-4-5-12-19(18)26-31(28,29)17-9-2-1-3-10-17/h1-13,26H,14H2,(H,25,27). The average molecular weight is 450 g/mol. The fraction of sp³-hybridized carbons (Fsp3) is 0.0952. The molecule has 2 N–H and O–H groups in total. The van der Waals surface area contributed by atoms with E-state index in [0.717, 1.165) is 12.1 Å². The van der Waals surface area contributed by atoms with E-state index in [1.165, 1.54) is 36.4 Å². The van der Waals surface area contributed by atoms with Gasteiger partial charge >= 0.3 is 6.18 Å². The van der Waals surface area contributed by atoms with Gasteiger partial charge in [0.15, 0.2) is 6.61 Å². The third-order valence-corrected chi connectivity index (χ3v) is 5.41. The number of amides is 1. The molecular formula is C21H17F3N2O4S. The number of halogens is 3. The first-order valence-corrected chi connectivity index (χ1v) is 10.4. The van der Waals surface area contributed by atoms with Gasteiger partial charge in [0.25, 0.3) is 15.9 Å².